The fraction of sp³-hybridized carbons (Fsp3) is 1.00. The van der Waals surface area contributed by atoms with Crippen molar-refractivity contribution in [1.29, 1.82) is 0 Å². The van der Waals surface area contributed by atoms with E-state index in [0.29, 0.717) is 0 Å². The highest BCUT2D eigenvalue weighted by Crippen LogP contribution is 1.88. The minimum absolute atomic E-state index is 1.16. The Bertz CT molecular complexity index is 14.4. The fourth-order valence-corrected chi connectivity index (χ4v) is 0.694. The molecule has 5 heavy (non-hydrogen) atoms. The molecule has 0 aliphatic heterocycles. The van der Waals surface area contributed by atoms with Gasteiger partial charge >= 0.3 is 0 Å². The maximum Gasteiger partial charge on any atom is 0.101 e. The molecule has 0 spiro atoms. The van der Waals surface area contributed by atoms with Crippen molar-refractivity contribution in [3.63, 3.8) is 0 Å². The van der Waals surface area contributed by atoms with Gasteiger partial charge in [0.1, 0.15) is 7.85 Å². The standard InChI is InChI=1S/C3H8BBr/c4-2-1-3-5/h1-4H2. The van der Waals surface area contributed by atoms with Crippen molar-refractivity contribution in [3.05, 3.63) is 0 Å². The minimum Gasteiger partial charge on any atom is -0.0928 e. The van der Waals surface area contributed by atoms with Crippen LogP contribution in [0.1, 0.15) is 6.42 Å². The first kappa shape index (κ1) is 5.54. The van der Waals surface area contributed by atoms with Gasteiger partial charge in [0, 0.05) is 5.33 Å². The van der Waals surface area contributed by atoms with Gasteiger partial charge in [-0.05, 0) is 0 Å². The number of hydrogen-bond acceptors (Lipinski definition) is 0. The third-order valence-electron chi connectivity index (χ3n) is 0.487. The summed E-state index contributed by atoms with van der Waals surface area (Å²) in [5, 5.41) is 1.16. The molecule has 0 N–H and O–H groups in total. The first-order valence-electron chi connectivity index (χ1n) is 1.97. The molecule has 0 fully saturated rings. The lowest BCUT2D eigenvalue weighted by atomic mass is 10.0. The average Bonchev–Trinajstić information content (AvgIpc) is 1.41. The third-order valence-corrected chi connectivity index (χ3v) is 1.05. The Morgan fingerprint density at radius 3 is 2.20 bits per heavy atom. The van der Waals surface area contributed by atoms with Crippen LogP contribution in [0, 0.1) is 0 Å². The Hall–Kier alpha value is 0.545. The maximum atomic E-state index is 3.31. The van der Waals surface area contributed by atoms with Crippen molar-refractivity contribution >= 4 is 23.8 Å². The van der Waals surface area contributed by atoms with Gasteiger partial charge in [-0.1, -0.05) is 28.7 Å². The van der Waals surface area contributed by atoms with Crippen LogP contribution in [0.3, 0.4) is 0 Å². The molecule has 0 amide bonds. The van der Waals surface area contributed by atoms with Gasteiger partial charge in [0.25, 0.3) is 0 Å². The number of alkyl halides is 1. The summed E-state index contributed by atoms with van der Waals surface area (Å²) in [6.07, 6.45) is 2.60. The fourth-order valence-electron chi connectivity index (χ4n) is 0.134. The van der Waals surface area contributed by atoms with Gasteiger partial charge in [-0.2, -0.15) is 0 Å². The summed E-state index contributed by atoms with van der Waals surface area (Å²) in [5.74, 6) is 0. The lowest BCUT2D eigenvalue weighted by molar-refractivity contribution is 1.11. The molecular formula is C3H8BBr. The molecule has 0 saturated heterocycles. The van der Waals surface area contributed by atoms with Crippen molar-refractivity contribution in [2.24, 2.45) is 0 Å². The SMILES string of the molecule is BCCCBr. The first-order chi connectivity index (χ1) is 2.41. The van der Waals surface area contributed by atoms with Gasteiger partial charge in [0.15, 0.2) is 0 Å². The van der Waals surface area contributed by atoms with E-state index in [1.807, 2.05) is 0 Å². The number of hydrogen-bond donors (Lipinski definition) is 0. The van der Waals surface area contributed by atoms with Crippen LogP contribution in [0.2, 0.25) is 6.32 Å². The van der Waals surface area contributed by atoms with E-state index in [4.69, 9.17) is 0 Å². The average molecular weight is 135 g/mol. The zero-order valence-corrected chi connectivity index (χ0v) is 5.09. The van der Waals surface area contributed by atoms with Crippen LogP contribution in [-0.4, -0.2) is 13.2 Å². The quantitative estimate of drug-likeness (QED) is 0.388. The van der Waals surface area contributed by atoms with Crippen LogP contribution in [0.15, 0.2) is 0 Å². The molecule has 0 atom stereocenters. The van der Waals surface area contributed by atoms with Crippen molar-refractivity contribution < 1.29 is 0 Å². The third kappa shape index (κ3) is 4.54. The summed E-state index contributed by atoms with van der Waals surface area (Å²) in [4.78, 5) is 0. The second-order valence-corrected chi connectivity index (χ2v) is 1.84. The van der Waals surface area contributed by atoms with E-state index in [-0.39, 0.29) is 0 Å². The zero-order valence-electron chi connectivity index (χ0n) is 3.50. The molecule has 0 aliphatic rings. The van der Waals surface area contributed by atoms with E-state index in [9.17, 15) is 0 Å². The normalized spacial score (nSPS) is 8.20. The van der Waals surface area contributed by atoms with Crippen molar-refractivity contribution in [3.8, 4) is 0 Å². The van der Waals surface area contributed by atoms with Gasteiger partial charge in [-0.25, -0.2) is 0 Å². The molecule has 0 aromatic rings. The van der Waals surface area contributed by atoms with Gasteiger partial charge in [-0.15, -0.1) is 0 Å². The lowest BCUT2D eigenvalue weighted by Crippen LogP contribution is -1.68. The number of halogens is 1. The highest BCUT2D eigenvalue weighted by molar-refractivity contribution is 9.09. The van der Waals surface area contributed by atoms with Crippen LogP contribution in [0.4, 0.5) is 0 Å². The topological polar surface area (TPSA) is 0 Å². The summed E-state index contributed by atoms with van der Waals surface area (Å²) in [7, 11) is 2.18. The van der Waals surface area contributed by atoms with Gasteiger partial charge in [0.05, 0.1) is 0 Å². The predicted octanol–water partition coefficient (Wildman–Crippen LogP) is 0.823. The Labute approximate surface area is 42.5 Å². The summed E-state index contributed by atoms with van der Waals surface area (Å²) in [5.41, 5.74) is 0. The lowest BCUT2D eigenvalue weighted by Gasteiger charge is -1.77. The van der Waals surface area contributed by atoms with Crippen LogP contribution < -0.4 is 0 Å². The second kappa shape index (κ2) is 4.54. The highest BCUT2D eigenvalue weighted by atomic mass is 79.9. The summed E-state index contributed by atoms with van der Waals surface area (Å²) in [6.45, 7) is 0. The molecule has 0 radical (unpaired) electrons. The second-order valence-electron chi connectivity index (χ2n) is 1.04. The minimum atomic E-state index is 1.16. The highest BCUT2D eigenvalue weighted by Gasteiger charge is 1.70. The van der Waals surface area contributed by atoms with E-state index in [2.05, 4.69) is 23.8 Å². The molecule has 0 nitrogen and oxygen atoms in total. The van der Waals surface area contributed by atoms with E-state index in [1.165, 1.54) is 12.7 Å². The Kier molecular flexibility index (Phi) is 5.04. The molecule has 0 heterocycles. The van der Waals surface area contributed by atoms with E-state index in [0.717, 1.165) is 5.33 Å². The van der Waals surface area contributed by atoms with E-state index < -0.39 is 0 Å². The van der Waals surface area contributed by atoms with Gasteiger partial charge < -0.3 is 0 Å². The predicted molar refractivity (Wildman–Crippen MR) is 31.8 cm³/mol. The van der Waals surface area contributed by atoms with Crippen molar-refractivity contribution in [2.75, 3.05) is 5.33 Å². The van der Waals surface area contributed by atoms with E-state index in [1.54, 1.807) is 0 Å². The first-order valence-corrected chi connectivity index (χ1v) is 3.10. The smallest absolute Gasteiger partial charge is 0.0928 e. The van der Waals surface area contributed by atoms with Crippen molar-refractivity contribution in [1.82, 2.24) is 0 Å². The molecule has 0 aliphatic carbocycles. The molecule has 0 bridgehead atoms. The summed E-state index contributed by atoms with van der Waals surface area (Å²) in [6, 6.07) is 0. The molecule has 30 valence electrons. The Morgan fingerprint density at radius 1 is 1.60 bits per heavy atom. The zero-order chi connectivity index (χ0) is 4.12. The van der Waals surface area contributed by atoms with Crippen molar-refractivity contribution in [2.45, 2.75) is 12.7 Å². The van der Waals surface area contributed by atoms with Crippen LogP contribution in [0.5, 0.6) is 0 Å². The molecule has 0 unspecified atom stereocenters. The maximum absolute atomic E-state index is 3.31. The Morgan fingerprint density at radius 2 is 2.20 bits per heavy atom. The van der Waals surface area contributed by atoms with Crippen LogP contribution in [-0.2, 0) is 0 Å². The molecule has 0 aromatic carbocycles. The largest absolute Gasteiger partial charge is 0.101 e. The molecule has 0 saturated carbocycles. The van der Waals surface area contributed by atoms with Gasteiger partial charge in [-0.3, -0.25) is 0 Å². The van der Waals surface area contributed by atoms with Crippen LogP contribution in [0.25, 0.3) is 0 Å². The van der Waals surface area contributed by atoms with Gasteiger partial charge in [0.2, 0.25) is 0 Å². The van der Waals surface area contributed by atoms with Crippen LogP contribution >= 0.6 is 15.9 Å². The summed E-state index contributed by atoms with van der Waals surface area (Å²) >= 11 is 3.31. The molecule has 0 aromatic heterocycles. The monoisotopic (exact) mass is 134 g/mol. The molecule has 2 heteroatoms. The summed E-state index contributed by atoms with van der Waals surface area (Å²) < 4.78 is 0. The Balaban J connectivity index is 2.19. The molecule has 0 rings (SSSR count). The number of rotatable bonds is 2. The van der Waals surface area contributed by atoms with E-state index >= 15 is 0 Å². The molecular weight excluding hydrogens is 127 g/mol.